The van der Waals surface area contributed by atoms with Gasteiger partial charge < -0.3 is 14.9 Å². The summed E-state index contributed by atoms with van der Waals surface area (Å²) in [6, 6.07) is 12.1. The molecule has 3 heteroatoms. The first-order chi connectivity index (χ1) is 8.56. The van der Waals surface area contributed by atoms with Gasteiger partial charge in [-0.25, -0.2) is 0 Å². The Morgan fingerprint density at radius 2 is 1.67 bits per heavy atom. The third kappa shape index (κ3) is 2.74. The van der Waals surface area contributed by atoms with Crippen LogP contribution in [0.3, 0.4) is 0 Å². The lowest BCUT2D eigenvalue weighted by atomic mass is 10.0. The number of phenols is 2. The molecule has 0 aliphatic rings. The van der Waals surface area contributed by atoms with E-state index in [9.17, 15) is 10.2 Å². The van der Waals surface area contributed by atoms with E-state index in [4.69, 9.17) is 4.74 Å². The fourth-order valence-corrected chi connectivity index (χ4v) is 1.73. The Hall–Kier alpha value is -2.16. The summed E-state index contributed by atoms with van der Waals surface area (Å²) < 4.78 is 5.52. The van der Waals surface area contributed by atoms with Gasteiger partial charge in [-0.2, -0.15) is 0 Å². The summed E-state index contributed by atoms with van der Waals surface area (Å²) in [6.07, 6.45) is -0.00433. The number of phenolic OH excluding ortho intramolecular Hbond substituents is 2. The van der Waals surface area contributed by atoms with E-state index in [0.29, 0.717) is 5.75 Å². The zero-order valence-corrected chi connectivity index (χ0v) is 10.4. The van der Waals surface area contributed by atoms with Gasteiger partial charge in [0.1, 0.15) is 5.75 Å². The lowest BCUT2D eigenvalue weighted by Crippen LogP contribution is -2.05. The molecule has 0 radical (unpaired) electrons. The van der Waals surface area contributed by atoms with Crippen LogP contribution in [0.5, 0.6) is 17.2 Å². The Morgan fingerprint density at radius 1 is 0.944 bits per heavy atom. The molecule has 94 valence electrons. The van der Waals surface area contributed by atoms with E-state index < -0.39 is 0 Å². The number of hydrogen-bond acceptors (Lipinski definition) is 3. The lowest BCUT2D eigenvalue weighted by molar-refractivity contribution is 0.232. The minimum absolute atomic E-state index is 0.00433. The van der Waals surface area contributed by atoms with E-state index in [1.807, 2.05) is 19.9 Å². The SMILES string of the molecule is CC(C)Oc1cc(-c2cccc(O)c2)ccc1O. The van der Waals surface area contributed by atoms with Crippen LogP contribution >= 0.6 is 0 Å². The van der Waals surface area contributed by atoms with Crippen LogP contribution in [-0.4, -0.2) is 16.3 Å². The van der Waals surface area contributed by atoms with Crippen molar-refractivity contribution >= 4 is 0 Å². The Bertz CT molecular complexity index is 547. The molecule has 2 aromatic carbocycles. The van der Waals surface area contributed by atoms with Gasteiger partial charge in [-0.05, 0) is 49.2 Å². The second-order valence-corrected chi connectivity index (χ2v) is 4.40. The fraction of sp³-hybridized carbons (Fsp3) is 0.200. The largest absolute Gasteiger partial charge is 0.508 e. The number of aromatic hydroxyl groups is 2. The number of rotatable bonds is 3. The van der Waals surface area contributed by atoms with Gasteiger partial charge in [-0.15, -0.1) is 0 Å². The average Bonchev–Trinajstić information content (AvgIpc) is 2.31. The van der Waals surface area contributed by atoms with Crippen molar-refractivity contribution in [1.82, 2.24) is 0 Å². The molecule has 2 rings (SSSR count). The van der Waals surface area contributed by atoms with Gasteiger partial charge in [0, 0.05) is 0 Å². The standard InChI is InChI=1S/C15H16O3/c1-10(2)18-15-9-12(6-7-14(15)17)11-4-3-5-13(16)8-11/h3-10,16-17H,1-2H3. The summed E-state index contributed by atoms with van der Waals surface area (Å²) in [5, 5.41) is 19.2. The molecule has 0 fully saturated rings. The summed E-state index contributed by atoms with van der Waals surface area (Å²) in [5.74, 6) is 0.783. The minimum atomic E-state index is -0.00433. The Morgan fingerprint density at radius 3 is 2.33 bits per heavy atom. The Labute approximate surface area is 106 Å². The van der Waals surface area contributed by atoms with Crippen molar-refractivity contribution in [1.29, 1.82) is 0 Å². The van der Waals surface area contributed by atoms with Crippen molar-refractivity contribution in [3.05, 3.63) is 42.5 Å². The second-order valence-electron chi connectivity index (χ2n) is 4.40. The number of ether oxygens (including phenoxy) is 1. The molecule has 0 atom stereocenters. The van der Waals surface area contributed by atoms with E-state index in [1.165, 1.54) is 0 Å². The van der Waals surface area contributed by atoms with E-state index in [1.54, 1.807) is 36.4 Å². The molecule has 0 unspecified atom stereocenters. The first-order valence-electron chi connectivity index (χ1n) is 5.85. The van der Waals surface area contributed by atoms with Gasteiger partial charge in [0.05, 0.1) is 6.10 Å². The summed E-state index contributed by atoms with van der Waals surface area (Å²) in [7, 11) is 0. The minimum Gasteiger partial charge on any atom is -0.508 e. The van der Waals surface area contributed by atoms with Gasteiger partial charge in [0.2, 0.25) is 0 Å². The quantitative estimate of drug-likeness (QED) is 0.868. The second kappa shape index (κ2) is 5.00. The predicted molar refractivity (Wildman–Crippen MR) is 71.0 cm³/mol. The Kier molecular flexibility index (Phi) is 3.42. The van der Waals surface area contributed by atoms with Crippen molar-refractivity contribution in [3.8, 4) is 28.4 Å². The van der Waals surface area contributed by atoms with Crippen molar-refractivity contribution in [2.45, 2.75) is 20.0 Å². The van der Waals surface area contributed by atoms with Gasteiger partial charge in [-0.3, -0.25) is 0 Å². The highest BCUT2D eigenvalue weighted by Gasteiger charge is 2.07. The van der Waals surface area contributed by atoms with Gasteiger partial charge >= 0.3 is 0 Å². The van der Waals surface area contributed by atoms with Crippen molar-refractivity contribution < 1.29 is 14.9 Å². The smallest absolute Gasteiger partial charge is 0.161 e. The lowest BCUT2D eigenvalue weighted by Gasteiger charge is -2.12. The highest BCUT2D eigenvalue weighted by molar-refractivity contribution is 5.68. The maximum absolute atomic E-state index is 9.71. The van der Waals surface area contributed by atoms with Crippen molar-refractivity contribution in [3.63, 3.8) is 0 Å². The molecule has 0 aliphatic carbocycles. The molecular formula is C15H16O3. The predicted octanol–water partition coefficient (Wildman–Crippen LogP) is 3.55. The third-order valence-electron chi connectivity index (χ3n) is 2.50. The molecule has 0 saturated heterocycles. The molecule has 0 saturated carbocycles. The number of benzene rings is 2. The third-order valence-corrected chi connectivity index (χ3v) is 2.50. The first kappa shape index (κ1) is 12.3. The summed E-state index contributed by atoms with van der Waals surface area (Å²) in [4.78, 5) is 0. The molecule has 0 aliphatic heterocycles. The average molecular weight is 244 g/mol. The molecule has 0 bridgehead atoms. The van der Waals surface area contributed by atoms with Crippen LogP contribution in [0.15, 0.2) is 42.5 Å². The maximum atomic E-state index is 9.71. The molecular weight excluding hydrogens is 228 g/mol. The van der Waals surface area contributed by atoms with E-state index in [2.05, 4.69) is 0 Å². The van der Waals surface area contributed by atoms with Crippen LogP contribution in [0.25, 0.3) is 11.1 Å². The molecule has 0 aromatic heterocycles. The van der Waals surface area contributed by atoms with Crippen molar-refractivity contribution in [2.75, 3.05) is 0 Å². The van der Waals surface area contributed by atoms with E-state index in [-0.39, 0.29) is 17.6 Å². The fourth-order valence-electron chi connectivity index (χ4n) is 1.73. The first-order valence-corrected chi connectivity index (χ1v) is 5.85. The molecule has 0 heterocycles. The highest BCUT2D eigenvalue weighted by atomic mass is 16.5. The molecule has 3 nitrogen and oxygen atoms in total. The summed E-state index contributed by atoms with van der Waals surface area (Å²) in [5.41, 5.74) is 1.77. The normalized spacial score (nSPS) is 10.6. The van der Waals surface area contributed by atoms with Crippen LogP contribution in [0, 0.1) is 0 Å². The maximum Gasteiger partial charge on any atom is 0.161 e. The van der Waals surface area contributed by atoms with Gasteiger partial charge in [-0.1, -0.05) is 18.2 Å². The topological polar surface area (TPSA) is 49.7 Å². The van der Waals surface area contributed by atoms with E-state index in [0.717, 1.165) is 11.1 Å². The molecule has 18 heavy (non-hydrogen) atoms. The molecule has 2 aromatic rings. The van der Waals surface area contributed by atoms with Crippen LogP contribution in [0.4, 0.5) is 0 Å². The zero-order chi connectivity index (χ0) is 13.1. The molecule has 2 N–H and O–H groups in total. The Balaban J connectivity index is 2.40. The van der Waals surface area contributed by atoms with Crippen LogP contribution in [0.1, 0.15) is 13.8 Å². The van der Waals surface area contributed by atoms with Gasteiger partial charge in [0.25, 0.3) is 0 Å². The van der Waals surface area contributed by atoms with Crippen LogP contribution in [0.2, 0.25) is 0 Å². The molecule has 0 amide bonds. The summed E-state index contributed by atoms with van der Waals surface area (Å²) >= 11 is 0. The number of hydrogen-bond donors (Lipinski definition) is 2. The highest BCUT2D eigenvalue weighted by Crippen LogP contribution is 2.33. The zero-order valence-electron chi connectivity index (χ0n) is 10.4. The van der Waals surface area contributed by atoms with Crippen LogP contribution in [-0.2, 0) is 0 Å². The van der Waals surface area contributed by atoms with E-state index >= 15 is 0 Å². The van der Waals surface area contributed by atoms with Crippen LogP contribution < -0.4 is 4.74 Å². The van der Waals surface area contributed by atoms with Crippen molar-refractivity contribution in [2.24, 2.45) is 0 Å². The monoisotopic (exact) mass is 244 g/mol. The van der Waals surface area contributed by atoms with Gasteiger partial charge in [0.15, 0.2) is 11.5 Å². The summed E-state index contributed by atoms with van der Waals surface area (Å²) in [6.45, 7) is 3.81. The molecule has 0 spiro atoms.